The molecule has 0 aromatic heterocycles. The standard InChI is InChI=1S/C22H32N2O/c1-3-21(25)24-16(2)14-19(18-6-4-5-7-20(18)24)23-15-22-11-8-17(9-12-22)10-13-22/h4-7,16-17,19,23H,3,8-15H2,1-2H3/t16-,17?,19+,22?/m0/s1. The Hall–Kier alpha value is -1.35. The van der Waals surface area contributed by atoms with Crippen LogP contribution in [0.2, 0.25) is 0 Å². The molecule has 136 valence electrons. The molecule has 2 atom stereocenters. The number of anilines is 1. The van der Waals surface area contributed by atoms with Crippen LogP contribution in [0, 0.1) is 11.3 Å². The first-order valence-corrected chi connectivity index (χ1v) is 10.3. The lowest BCUT2D eigenvalue weighted by Gasteiger charge is -2.48. The molecule has 1 aromatic rings. The third kappa shape index (κ3) is 3.12. The summed E-state index contributed by atoms with van der Waals surface area (Å²) < 4.78 is 0. The van der Waals surface area contributed by atoms with E-state index < -0.39 is 0 Å². The highest BCUT2D eigenvalue weighted by Gasteiger charge is 2.41. The highest BCUT2D eigenvalue weighted by Crippen LogP contribution is 2.50. The van der Waals surface area contributed by atoms with Gasteiger partial charge in [-0.2, -0.15) is 0 Å². The summed E-state index contributed by atoms with van der Waals surface area (Å²) in [6, 6.07) is 9.15. The second kappa shape index (κ2) is 6.75. The zero-order valence-electron chi connectivity index (χ0n) is 15.8. The van der Waals surface area contributed by atoms with Crippen LogP contribution in [0.1, 0.15) is 76.8 Å². The van der Waals surface area contributed by atoms with Crippen LogP contribution in [0.15, 0.2) is 24.3 Å². The third-order valence-electron chi connectivity index (χ3n) is 7.13. The molecule has 3 aliphatic carbocycles. The highest BCUT2D eigenvalue weighted by molar-refractivity contribution is 5.95. The molecule has 1 N–H and O–H groups in total. The Balaban J connectivity index is 1.53. The van der Waals surface area contributed by atoms with Crippen molar-refractivity contribution in [2.24, 2.45) is 11.3 Å². The van der Waals surface area contributed by atoms with Gasteiger partial charge in [-0.05, 0) is 74.8 Å². The minimum Gasteiger partial charge on any atom is -0.309 e. The van der Waals surface area contributed by atoms with Crippen LogP contribution in [0.25, 0.3) is 0 Å². The lowest BCUT2D eigenvalue weighted by Crippen LogP contribution is -2.48. The largest absolute Gasteiger partial charge is 0.309 e. The van der Waals surface area contributed by atoms with E-state index >= 15 is 0 Å². The van der Waals surface area contributed by atoms with Crippen molar-refractivity contribution in [2.75, 3.05) is 11.4 Å². The lowest BCUT2D eigenvalue weighted by molar-refractivity contribution is -0.118. The summed E-state index contributed by atoms with van der Waals surface area (Å²) in [5.74, 6) is 1.26. The van der Waals surface area contributed by atoms with E-state index in [0.717, 1.165) is 24.6 Å². The molecule has 3 fully saturated rings. The fraction of sp³-hybridized carbons (Fsp3) is 0.682. The Labute approximate surface area is 152 Å². The van der Waals surface area contributed by atoms with E-state index in [-0.39, 0.29) is 11.9 Å². The molecule has 5 rings (SSSR count). The molecule has 0 spiro atoms. The van der Waals surface area contributed by atoms with Gasteiger partial charge in [-0.1, -0.05) is 25.1 Å². The van der Waals surface area contributed by atoms with Crippen LogP contribution < -0.4 is 10.2 Å². The maximum atomic E-state index is 12.5. The molecule has 3 saturated carbocycles. The summed E-state index contributed by atoms with van der Waals surface area (Å²) in [4.78, 5) is 14.5. The van der Waals surface area contributed by atoms with Crippen LogP contribution in [0.4, 0.5) is 5.69 Å². The zero-order valence-corrected chi connectivity index (χ0v) is 15.8. The van der Waals surface area contributed by atoms with Crippen molar-refractivity contribution in [3.05, 3.63) is 29.8 Å². The van der Waals surface area contributed by atoms with Gasteiger partial charge in [-0.15, -0.1) is 0 Å². The predicted molar refractivity (Wildman–Crippen MR) is 103 cm³/mol. The van der Waals surface area contributed by atoms with E-state index in [9.17, 15) is 4.79 Å². The number of amides is 1. The maximum Gasteiger partial charge on any atom is 0.226 e. The van der Waals surface area contributed by atoms with Gasteiger partial charge in [0.15, 0.2) is 0 Å². The van der Waals surface area contributed by atoms with E-state index in [0.29, 0.717) is 17.9 Å². The molecule has 25 heavy (non-hydrogen) atoms. The van der Waals surface area contributed by atoms with Gasteiger partial charge in [0.25, 0.3) is 0 Å². The Bertz CT molecular complexity index is 619. The molecular weight excluding hydrogens is 308 g/mol. The number of rotatable bonds is 4. The van der Waals surface area contributed by atoms with Gasteiger partial charge in [-0.3, -0.25) is 4.79 Å². The number of nitrogens with zero attached hydrogens (tertiary/aromatic N) is 1. The Morgan fingerprint density at radius 2 is 1.88 bits per heavy atom. The number of fused-ring (bicyclic) bond motifs is 4. The van der Waals surface area contributed by atoms with Crippen molar-refractivity contribution in [1.82, 2.24) is 5.32 Å². The fourth-order valence-electron chi connectivity index (χ4n) is 5.50. The number of hydrogen-bond donors (Lipinski definition) is 1. The number of carbonyl (C=O) groups excluding carboxylic acids is 1. The summed E-state index contributed by atoms with van der Waals surface area (Å²) in [6.45, 7) is 5.30. The lowest BCUT2D eigenvalue weighted by atomic mass is 9.60. The zero-order chi connectivity index (χ0) is 17.4. The predicted octanol–water partition coefficient (Wildman–Crippen LogP) is 4.82. The second-order valence-electron chi connectivity index (χ2n) is 8.68. The molecule has 4 aliphatic rings. The van der Waals surface area contributed by atoms with Crippen LogP contribution >= 0.6 is 0 Å². The second-order valence-corrected chi connectivity index (χ2v) is 8.68. The summed E-state index contributed by atoms with van der Waals surface area (Å²) in [7, 11) is 0. The maximum absolute atomic E-state index is 12.5. The first-order valence-electron chi connectivity index (χ1n) is 10.3. The summed E-state index contributed by atoms with van der Waals surface area (Å²) in [5.41, 5.74) is 2.97. The van der Waals surface area contributed by atoms with Crippen molar-refractivity contribution in [1.29, 1.82) is 0 Å². The van der Waals surface area contributed by atoms with Crippen molar-refractivity contribution in [3.63, 3.8) is 0 Å². The molecule has 2 bridgehead atoms. The van der Waals surface area contributed by atoms with Crippen molar-refractivity contribution < 1.29 is 4.79 Å². The molecule has 3 nitrogen and oxygen atoms in total. The van der Waals surface area contributed by atoms with E-state index in [1.54, 1.807) is 0 Å². The number of carbonyl (C=O) groups is 1. The normalized spacial score (nSPS) is 34.0. The van der Waals surface area contributed by atoms with Gasteiger partial charge in [0.05, 0.1) is 0 Å². The van der Waals surface area contributed by atoms with Crippen molar-refractivity contribution in [3.8, 4) is 0 Å². The molecule has 1 aliphatic heterocycles. The first-order chi connectivity index (χ1) is 12.1. The van der Waals surface area contributed by atoms with E-state index in [1.807, 2.05) is 11.8 Å². The van der Waals surface area contributed by atoms with Gasteiger partial charge >= 0.3 is 0 Å². The Morgan fingerprint density at radius 3 is 2.56 bits per heavy atom. The Morgan fingerprint density at radius 1 is 1.20 bits per heavy atom. The minimum absolute atomic E-state index is 0.239. The average Bonchev–Trinajstić information content (AvgIpc) is 2.67. The van der Waals surface area contributed by atoms with E-state index in [4.69, 9.17) is 0 Å². The molecule has 0 unspecified atom stereocenters. The molecule has 0 radical (unpaired) electrons. The van der Waals surface area contributed by atoms with E-state index in [2.05, 4.69) is 36.5 Å². The van der Waals surface area contributed by atoms with Gasteiger partial charge in [0.2, 0.25) is 5.91 Å². The van der Waals surface area contributed by atoms with Gasteiger partial charge < -0.3 is 10.2 Å². The van der Waals surface area contributed by atoms with Crippen LogP contribution in [-0.2, 0) is 4.79 Å². The van der Waals surface area contributed by atoms with Crippen LogP contribution in [0.3, 0.4) is 0 Å². The SMILES string of the molecule is CCC(=O)N1c2ccccc2[C@H](NCC23CCC(CC2)CC3)C[C@@H]1C. The van der Waals surface area contributed by atoms with Gasteiger partial charge in [0, 0.05) is 30.7 Å². The van der Waals surface area contributed by atoms with Gasteiger partial charge in [0.1, 0.15) is 0 Å². The summed E-state index contributed by atoms with van der Waals surface area (Å²) >= 11 is 0. The number of hydrogen-bond acceptors (Lipinski definition) is 2. The number of para-hydroxylation sites is 1. The number of nitrogens with one attached hydrogen (secondary N) is 1. The topological polar surface area (TPSA) is 32.3 Å². The van der Waals surface area contributed by atoms with Crippen LogP contribution in [-0.4, -0.2) is 18.5 Å². The third-order valence-corrected chi connectivity index (χ3v) is 7.13. The quantitative estimate of drug-likeness (QED) is 0.852. The Kier molecular flexibility index (Phi) is 4.61. The van der Waals surface area contributed by atoms with Crippen molar-refractivity contribution in [2.45, 2.75) is 77.3 Å². The first kappa shape index (κ1) is 17.1. The molecule has 1 amide bonds. The average molecular weight is 341 g/mol. The minimum atomic E-state index is 0.239. The smallest absolute Gasteiger partial charge is 0.226 e. The highest BCUT2D eigenvalue weighted by atomic mass is 16.2. The van der Waals surface area contributed by atoms with Gasteiger partial charge in [-0.25, -0.2) is 0 Å². The monoisotopic (exact) mass is 340 g/mol. The molecule has 0 saturated heterocycles. The van der Waals surface area contributed by atoms with Crippen LogP contribution in [0.5, 0.6) is 0 Å². The molecular formula is C22H32N2O. The molecule has 3 heteroatoms. The summed E-state index contributed by atoms with van der Waals surface area (Å²) in [5, 5.41) is 3.93. The molecule has 1 aromatic carbocycles. The molecule has 1 heterocycles. The van der Waals surface area contributed by atoms with Crippen molar-refractivity contribution >= 4 is 11.6 Å². The number of benzene rings is 1. The summed E-state index contributed by atoms with van der Waals surface area (Å²) in [6.07, 6.45) is 10.1. The fourth-order valence-corrected chi connectivity index (χ4v) is 5.50. The van der Waals surface area contributed by atoms with E-state index in [1.165, 1.54) is 44.1 Å².